The number of nitrogens with one attached hydrogen (secondary N) is 1. The Labute approximate surface area is 155 Å². The summed E-state index contributed by atoms with van der Waals surface area (Å²) >= 11 is 0. The number of hydrogen-bond acceptors (Lipinski definition) is 7. The summed E-state index contributed by atoms with van der Waals surface area (Å²) in [5.74, 6) is 1.16. The van der Waals surface area contributed by atoms with E-state index in [1.54, 1.807) is 6.07 Å². The van der Waals surface area contributed by atoms with E-state index in [-0.39, 0.29) is 11.2 Å². The number of fused-ring (bicyclic) bond motifs is 1. The van der Waals surface area contributed by atoms with E-state index in [1.165, 1.54) is 14.2 Å². The highest BCUT2D eigenvalue weighted by Gasteiger charge is 2.15. The third-order valence-corrected chi connectivity index (χ3v) is 4.56. The summed E-state index contributed by atoms with van der Waals surface area (Å²) < 4.78 is 15.8. The van der Waals surface area contributed by atoms with Gasteiger partial charge in [0.25, 0.3) is 5.56 Å². The Kier molecular flexibility index (Phi) is 4.64. The SMILES string of the molecule is COc1cc(OC)c2c(=O)[nH]c(-c3ccc(N4CCOCC4)cc3)nc2n1. The molecular weight excluding hydrogens is 348 g/mol. The van der Waals surface area contributed by atoms with Gasteiger partial charge in [0.05, 0.1) is 27.4 Å². The van der Waals surface area contributed by atoms with Crippen molar-refractivity contribution in [1.29, 1.82) is 0 Å². The first kappa shape index (κ1) is 17.3. The van der Waals surface area contributed by atoms with Crippen LogP contribution in [-0.4, -0.2) is 55.5 Å². The van der Waals surface area contributed by atoms with Crippen LogP contribution in [0.25, 0.3) is 22.4 Å². The molecule has 0 aliphatic carbocycles. The van der Waals surface area contributed by atoms with Crippen LogP contribution in [0, 0.1) is 0 Å². The van der Waals surface area contributed by atoms with Gasteiger partial charge in [0, 0.05) is 30.4 Å². The van der Waals surface area contributed by atoms with Crippen molar-refractivity contribution < 1.29 is 14.2 Å². The summed E-state index contributed by atoms with van der Waals surface area (Å²) in [6, 6.07) is 9.48. The third kappa shape index (κ3) is 3.31. The van der Waals surface area contributed by atoms with Gasteiger partial charge < -0.3 is 24.1 Å². The van der Waals surface area contributed by atoms with Crippen molar-refractivity contribution in [3.05, 3.63) is 40.7 Å². The van der Waals surface area contributed by atoms with E-state index in [1.807, 2.05) is 24.3 Å². The second-order valence-corrected chi connectivity index (χ2v) is 6.13. The molecule has 140 valence electrons. The maximum atomic E-state index is 12.6. The number of methoxy groups -OCH3 is 2. The number of H-pyrrole nitrogens is 1. The number of pyridine rings is 1. The predicted octanol–water partition coefficient (Wildman–Crippen LogP) is 1.84. The Morgan fingerprint density at radius 2 is 1.81 bits per heavy atom. The number of hydrogen-bond donors (Lipinski definition) is 1. The van der Waals surface area contributed by atoms with Crippen molar-refractivity contribution in [3.8, 4) is 23.0 Å². The first-order chi connectivity index (χ1) is 13.2. The molecule has 3 aromatic rings. The molecule has 0 atom stereocenters. The van der Waals surface area contributed by atoms with Gasteiger partial charge in [0.2, 0.25) is 5.88 Å². The van der Waals surface area contributed by atoms with E-state index in [2.05, 4.69) is 19.9 Å². The zero-order valence-electron chi connectivity index (χ0n) is 15.2. The van der Waals surface area contributed by atoms with Gasteiger partial charge in [-0.25, -0.2) is 4.98 Å². The summed E-state index contributed by atoms with van der Waals surface area (Å²) in [7, 11) is 3.00. The Bertz CT molecular complexity index is 1010. The fourth-order valence-electron chi connectivity index (χ4n) is 3.14. The molecule has 0 unspecified atom stereocenters. The fraction of sp³-hybridized carbons (Fsp3) is 0.316. The van der Waals surface area contributed by atoms with E-state index < -0.39 is 0 Å². The third-order valence-electron chi connectivity index (χ3n) is 4.56. The first-order valence-corrected chi connectivity index (χ1v) is 8.66. The fourth-order valence-corrected chi connectivity index (χ4v) is 3.14. The van der Waals surface area contributed by atoms with E-state index >= 15 is 0 Å². The van der Waals surface area contributed by atoms with Crippen LogP contribution in [0.2, 0.25) is 0 Å². The highest BCUT2D eigenvalue weighted by molar-refractivity contribution is 5.83. The minimum absolute atomic E-state index is 0.280. The molecule has 3 heterocycles. The maximum absolute atomic E-state index is 12.6. The molecule has 27 heavy (non-hydrogen) atoms. The highest BCUT2D eigenvalue weighted by atomic mass is 16.5. The van der Waals surface area contributed by atoms with Gasteiger partial charge >= 0.3 is 0 Å². The molecule has 1 aliphatic rings. The molecule has 0 bridgehead atoms. The van der Waals surface area contributed by atoms with Crippen molar-refractivity contribution in [2.45, 2.75) is 0 Å². The number of anilines is 1. The first-order valence-electron chi connectivity index (χ1n) is 8.66. The zero-order chi connectivity index (χ0) is 18.8. The summed E-state index contributed by atoms with van der Waals surface area (Å²) in [5, 5.41) is 0.298. The molecule has 2 aromatic heterocycles. The van der Waals surface area contributed by atoms with Crippen LogP contribution in [0.15, 0.2) is 35.1 Å². The van der Waals surface area contributed by atoms with Gasteiger partial charge in [-0.2, -0.15) is 4.98 Å². The topological polar surface area (TPSA) is 89.6 Å². The predicted molar refractivity (Wildman–Crippen MR) is 102 cm³/mol. The number of nitrogens with zero attached hydrogens (tertiary/aromatic N) is 3. The molecule has 8 heteroatoms. The molecule has 0 amide bonds. The summed E-state index contributed by atoms with van der Waals surface area (Å²) in [4.78, 5) is 26.5. The largest absolute Gasteiger partial charge is 0.496 e. The van der Waals surface area contributed by atoms with Gasteiger partial charge in [0.15, 0.2) is 5.65 Å². The second kappa shape index (κ2) is 7.24. The average Bonchev–Trinajstić information content (AvgIpc) is 2.73. The number of rotatable bonds is 4. The quantitative estimate of drug-likeness (QED) is 0.751. The van der Waals surface area contributed by atoms with Crippen LogP contribution in [0.4, 0.5) is 5.69 Å². The van der Waals surface area contributed by atoms with E-state index in [9.17, 15) is 4.79 Å². The number of aromatic amines is 1. The number of ether oxygens (including phenoxy) is 3. The van der Waals surface area contributed by atoms with Gasteiger partial charge in [-0.05, 0) is 24.3 Å². The highest BCUT2D eigenvalue weighted by Crippen LogP contribution is 2.26. The van der Waals surface area contributed by atoms with E-state index in [0.29, 0.717) is 22.8 Å². The summed E-state index contributed by atoms with van der Waals surface area (Å²) in [6.45, 7) is 3.20. The van der Waals surface area contributed by atoms with Crippen LogP contribution in [0.3, 0.4) is 0 Å². The lowest BCUT2D eigenvalue weighted by molar-refractivity contribution is 0.122. The van der Waals surface area contributed by atoms with Crippen molar-refractivity contribution in [1.82, 2.24) is 15.0 Å². The number of morpholine rings is 1. The van der Waals surface area contributed by atoms with Crippen LogP contribution >= 0.6 is 0 Å². The van der Waals surface area contributed by atoms with Crippen LogP contribution < -0.4 is 19.9 Å². The van der Waals surface area contributed by atoms with Crippen LogP contribution in [0.5, 0.6) is 11.6 Å². The molecule has 0 radical (unpaired) electrons. The van der Waals surface area contributed by atoms with Gasteiger partial charge in [-0.1, -0.05) is 0 Å². The van der Waals surface area contributed by atoms with Crippen LogP contribution in [-0.2, 0) is 4.74 Å². The van der Waals surface area contributed by atoms with Crippen LogP contribution in [0.1, 0.15) is 0 Å². The molecule has 8 nitrogen and oxygen atoms in total. The Hall–Kier alpha value is -3.13. The monoisotopic (exact) mass is 368 g/mol. The molecule has 4 rings (SSSR count). The van der Waals surface area contributed by atoms with Crippen molar-refractivity contribution in [2.75, 3.05) is 45.4 Å². The lowest BCUT2D eigenvalue weighted by Crippen LogP contribution is -2.36. The van der Waals surface area contributed by atoms with Gasteiger partial charge in [-0.15, -0.1) is 0 Å². The average molecular weight is 368 g/mol. The summed E-state index contributed by atoms with van der Waals surface area (Å²) in [6.07, 6.45) is 0. The maximum Gasteiger partial charge on any atom is 0.264 e. The Morgan fingerprint density at radius 3 is 2.48 bits per heavy atom. The molecular formula is C19H20N4O4. The second-order valence-electron chi connectivity index (χ2n) is 6.13. The molecule has 0 spiro atoms. The Balaban J connectivity index is 1.74. The minimum atomic E-state index is -0.306. The Morgan fingerprint density at radius 1 is 1.07 bits per heavy atom. The summed E-state index contributed by atoms with van der Waals surface area (Å²) in [5.41, 5.74) is 1.89. The molecule has 1 N–H and O–H groups in total. The molecule has 1 saturated heterocycles. The lowest BCUT2D eigenvalue weighted by Gasteiger charge is -2.28. The van der Waals surface area contributed by atoms with Crippen molar-refractivity contribution >= 4 is 16.7 Å². The minimum Gasteiger partial charge on any atom is -0.496 e. The lowest BCUT2D eigenvalue weighted by atomic mass is 10.1. The van der Waals surface area contributed by atoms with Crippen molar-refractivity contribution in [3.63, 3.8) is 0 Å². The standard InChI is InChI=1S/C19H20N4O4/c1-25-14-11-15(26-2)20-18-16(14)19(24)22-17(21-18)12-3-5-13(6-4-12)23-7-9-27-10-8-23/h3-6,11H,7-10H2,1-2H3,(H,20,21,22,24). The molecule has 1 aliphatic heterocycles. The molecule has 1 fully saturated rings. The number of aromatic nitrogens is 3. The molecule has 0 saturated carbocycles. The smallest absolute Gasteiger partial charge is 0.264 e. The van der Waals surface area contributed by atoms with Gasteiger partial charge in [-0.3, -0.25) is 4.79 Å². The molecule has 1 aromatic carbocycles. The van der Waals surface area contributed by atoms with Crippen molar-refractivity contribution in [2.24, 2.45) is 0 Å². The normalized spacial score (nSPS) is 14.4. The zero-order valence-corrected chi connectivity index (χ0v) is 15.2. The van der Waals surface area contributed by atoms with E-state index in [0.717, 1.165) is 37.6 Å². The van der Waals surface area contributed by atoms with Gasteiger partial charge in [0.1, 0.15) is 17.0 Å². The van der Waals surface area contributed by atoms with E-state index in [4.69, 9.17) is 14.2 Å². The number of benzene rings is 1.